The quantitative estimate of drug-likeness (QED) is 0.559. The van der Waals surface area contributed by atoms with Crippen molar-refractivity contribution in [2.45, 2.75) is 40.2 Å². The van der Waals surface area contributed by atoms with Gasteiger partial charge in [-0.1, -0.05) is 5.92 Å². The van der Waals surface area contributed by atoms with Crippen molar-refractivity contribution in [1.29, 1.82) is 0 Å². The van der Waals surface area contributed by atoms with Crippen LogP contribution >= 0.6 is 0 Å². The Labute approximate surface area is 103 Å². The van der Waals surface area contributed by atoms with E-state index in [1.807, 2.05) is 0 Å². The first-order valence-electron chi connectivity index (χ1n) is 5.30. The zero-order valence-corrected chi connectivity index (χ0v) is 11.0. The predicted octanol–water partition coefficient (Wildman–Crippen LogP) is 2.35. The fraction of sp³-hybridized carbons (Fsp3) is 0.538. The molecule has 0 bridgehead atoms. The smallest absolute Gasteiger partial charge is 0.415 e. The molecule has 0 rings (SSSR count). The van der Waals surface area contributed by atoms with Gasteiger partial charge in [-0.3, -0.25) is 9.69 Å². The predicted molar refractivity (Wildman–Crippen MR) is 66.2 cm³/mol. The van der Waals surface area contributed by atoms with Crippen LogP contribution in [0, 0.1) is 12.3 Å². The van der Waals surface area contributed by atoms with Crippen LogP contribution in [-0.2, 0) is 9.53 Å². The van der Waals surface area contributed by atoms with Crippen LogP contribution in [0.25, 0.3) is 0 Å². The Kier molecular flexibility index (Phi) is 5.46. The summed E-state index contributed by atoms with van der Waals surface area (Å²) < 4.78 is 5.19. The number of hydrogen-bond acceptors (Lipinski definition) is 3. The second kappa shape index (κ2) is 6.09. The van der Waals surface area contributed by atoms with Crippen LogP contribution in [0.15, 0.2) is 11.8 Å². The zero-order valence-electron chi connectivity index (χ0n) is 11.0. The molecular weight excluding hydrogens is 218 g/mol. The maximum absolute atomic E-state index is 11.8. The van der Waals surface area contributed by atoms with Crippen LogP contribution < -0.4 is 0 Å². The molecular formula is C13H19NO3. The summed E-state index contributed by atoms with van der Waals surface area (Å²) >= 11 is 0. The number of carbonyl (C=O) groups is 2. The van der Waals surface area contributed by atoms with Crippen molar-refractivity contribution in [2.24, 2.45) is 0 Å². The van der Waals surface area contributed by atoms with Gasteiger partial charge in [-0.2, -0.15) is 0 Å². The minimum absolute atomic E-state index is 0.0739. The van der Waals surface area contributed by atoms with E-state index >= 15 is 0 Å². The van der Waals surface area contributed by atoms with Crippen molar-refractivity contribution in [3.05, 3.63) is 11.8 Å². The lowest BCUT2D eigenvalue weighted by molar-refractivity contribution is -0.112. The van der Waals surface area contributed by atoms with Crippen molar-refractivity contribution in [3.63, 3.8) is 0 Å². The first-order chi connectivity index (χ1) is 7.67. The van der Waals surface area contributed by atoms with Crippen LogP contribution in [0.4, 0.5) is 4.79 Å². The van der Waals surface area contributed by atoms with Crippen LogP contribution in [0.5, 0.6) is 0 Å². The van der Waals surface area contributed by atoms with E-state index in [1.165, 1.54) is 17.9 Å². The molecule has 0 N–H and O–H groups in total. The Balaban J connectivity index is 4.93. The topological polar surface area (TPSA) is 46.6 Å². The molecule has 0 aliphatic rings. The third-order valence-electron chi connectivity index (χ3n) is 1.70. The first-order valence-corrected chi connectivity index (χ1v) is 5.30. The van der Waals surface area contributed by atoms with Gasteiger partial charge in [-0.05, 0) is 34.6 Å². The Morgan fingerprint density at radius 1 is 1.35 bits per heavy atom. The lowest BCUT2D eigenvalue weighted by Gasteiger charge is -2.26. The molecule has 0 aromatic heterocycles. The normalized spacial score (nSPS) is 11.6. The molecule has 0 aromatic rings. The largest absolute Gasteiger partial charge is 0.443 e. The number of nitrogens with zero attached hydrogens (tertiary/aromatic N) is 1. The Bertz CT molecular complexity index is 369. The highest BCUT2D eigenvalue weighted by atomic mass is 16.6. The van der Waals surface area contributed by atoms with Gasteiger partial charge in [0.2, 0.25) is 0 Å². The van der Waals surface area contributed by atoms with E-state index in [0.717, 1.165) is 0 Å². The molecule has 4 heteroatoms. The standard InChI is InChI=1S/C13H19NO3/c1-7-8-14(10(2)9-11(3)15)12(16)17-13(4,5)6/h1,9H,8H2,2-6H3/b10-9+. The molecule has 94 valence electrons. The lowest BCUT2D eigenvalue weighted by atomic mass is 10.2. The van der Waals surface area contributed by atoms with Gasteiger partial charge in [0.1, 0.15) is 5.60 Å². The van der Waals surface area contributed by atoms with Gasteiger partial charge in [0, 0.05) is 11.8 Å². The van der Waals surface area contributed by atoms with E-state index in [0.29, 0.717) is 5.70 Å². The number of amides is 1. The molecule has 0 saturated carbocycles. The first kappa shape index (κ1) is 15.2. The van der Waals surface area contributed by atoms with Gasteiger partial charge < -0.3 is 4.74 Å². The van der Waals surface area contributed by atoms with Crippen LogP contribution in [0.3, 0.4) is 0 Å². The Morgan fingerprint density at radius 3 is 2.24 bits per heavy atom. The molecule has 0 spiro atoms. The summed E-state index contributed by atoms with van der Waals surface area (Å²) in [6.45, 7) is 8.43. The number of rotatable bonds is 3. The summed E-state index contributed by atoms with van der Waals surface area (Å²) in [5, 5.41) is 0. The average molecular weight is 237 g/mol. The summed E-state index contributed by atoms with van der Waals surface area (Å²) in [6, 6.07) is 0. The summed E-state index contributed by atoms with van der Waals surface area (Å²) in [7, 11) is 0. The van der Waals surface area contributed by atoms with Crippen molar-refractivity contribution < 1.29 is 14.3 Å². The molecule has 17 heavy (non-hydrogen) atoms. The highest BCUT2D eigenvalue weighted by Gasteiger charge is 2.22. The molecule has 0 aliphatic heterocycles. The minimum Gasteiger partial charge on any atom is -0.443 e. The molecule has 1 amide bonds. The van der Waals surface area contributed by atoms with E-state index < -0.39 is 11.7 Å². The lowest BCUT2D eigenvalue weighted by Crippen LogP contribution is -2.36. The molecule has 0 heterocycles. The number of carbonyl (C=O) groups excluding carboxylic acids is 2. The summed E-state index contributed by atoms with van der Waals surface area (Å²) in [5.74, 6) is 2.22. The van der Waals surface area contributed by atoms with Gasteiger partial charge in [0.05, 0.1) is 6.54 Å². The minimum atomic E-state index is -0.597. The van der Waals surface area contributed by atoms with Gasteiger partial charge in [0.25, 0.3) is 0 Å². The summed E-state index contributed by atoms with van der Waals surface area (Å²) in [5.41, 5.74) is -0.120. The molecule has 4 nitrogen and oxygen atoms in total. The third kappa shape index (κ3) is 6.41. The fourth-order valence-corrected chi connectivity index (χ4v) is 1.11. The number of hydrogen-bond donors (Lipinski definition) is 0. The molecule has 0 atom stereocenters. The van der Waals surface area contributed by atoms with Gasteiger partial charge in [0.15, 0.2) is 5.78 Å². The Morgan fingerprint density at radius 2 is 1.88 bits per heavy atom. The monoisotopic (exact) mass is 237 g/mol. The van der Waals surface area contributed by atoms with Gasteiger partial charge >= 0.3 is 6.09 Å². The number of terminal acetylenes is 1. The van der Waals surface area contributed by atoms with Crippen molar-refractivity contribution in [3.8, 4) is 12.3 Å². The molecule has 0 aromatic carbocycles. The van der Waals surface area contributed by atoms with Gasteiger partial charge in [-0.25, -0.2) is 4.79 Å². The maximum atomic E-state index is 11.8. The van der Waals surface area contributed by atoms with E-state index in [1.54, 1.807) is 27.7 Å². The highest BCUT2D eigenvalue weighted by molar-refractivity contribution is 5.88. The van der Waals surface area contributed by atoms with Crippen molar-refractivity contribution in [2.75, 3.05) is 6.54 Å². The molecule has 0 radical (unpaired) electrons. The van der Waals surface area contributed by atoms with Gasteiger partial charge in [-0.15, -0.1) is 6.42 Å². The number of ketones is 1. The summed E-state index contributed by atoms with van der Waals surface area (Å²) in [4.78, 5) is 24.0. The van der Waals surface area contributed by atoms with Crippen molar-refractivity contribution >= 4 is 11.9 Å². The average Bonchev–Trinajstić information content (AvgIpc) is 2.09. The van der Waals surface area contributed by atoms with E-state index in [4.69, 9.17) is 11.2 Å². The zero-order chi connectivity index (χ0) is 13.6. The van der Waals surface area contributed by atoms with E-state index in [-0.39, 0.29) is 12.3 Å². The molecule has 0 fully saturated rings. The molecule has 0 unspecified atom stereocenters. The van der Waals surface area contributed by atoms with Crippen LogP contribution in [-0.4, -0.2) is 28.9 Å². The molecule has 0 saturated heterocycles. The van der Waals surface area contributed by atoms with Crippen LogP contribution in [0.2, 0.25) is 0 Å². The Hall–Kier alpha value is -1.76. The number of ether oxygens (including phenoxy) is 1. The van der Waals surface area contributed by atoms with E-state index in [9.17, 15) is 9.59 Å². The second-order valence-corrected chi connectivity index (χ2v) is 4.67. The fourth-order valence-electron chi connectivity index (χ4n) is 1.11. The van der Waals surface area contributed by atoms with E-state index in [2.05, 4.69) is 5.92 Å². The van der Waals surface area contributed by atoms with Crippen LogP contribution in [0.1, 0.15) is 34.6 Å². The number of allylic oxidation sites excluding steroid dienone is 2. The maximum Gasteiger partial charge on any atom is 0.415 e. The second-order valence-electron chi connectivity index (χ2n) is 4.67. The highest BCUT2D eigenvalue weighted by Crippen LogP contribution is 2.13. The SMILES string of the molecule is C#CCN(C(=O)OC(C)(C)C)/C(C)=C/C(C)=O. The van der Waals surface area contributed by atoms with Crippen molar-refractivity contribution in [1.82, 2.24) is 4.90 Å². The molecule has 0 aliphatic carbocycles. The summed E-state index contributed by atoms with van der Waals surface area (Å²) in [6.07, 6.45) is 5.99. The third-order valence-corrected chi connectivity index (χ3v) is 1.70.